The molecule has 0 saturated heterocycles. The summed E-state index contributed by atoms with van der Waals surface area (Å²) in [4.78, 5) is 20.5. The molecule has 1 aromatic heterocycles. The summed E-state index contributed by atoms with van der Waals surface area (Å²) >= 11 is 0. The Labute approximate surface area is 213 Å². The van der Waals surface area contributed by atoms with Crippen LogP contribution in [0.1, 0.15) is 63.6 Å². The highest BCUT2D eigenvalue weighted by Gasteiger charge is 2.44. The molecule has 1 saturated carbocycles. The molecule has 186 valence electrons. The van der Waals surface area contributed by atoms with Crippen molar-refractivity contribution in [1.29, 1.82) is 0 Å². The van der Waals surface area contributed by atoms with Gasteiger partial charge in [-0.2, -0.15) is 5.10 Å². The van der Waals surface area contributed by atoms with Gasteiger partial charge in [-0.3, -0.25) is 9.88 Å². The van der Waals surface area contributed by atoms with Gasteiger partial charge in [-0.05, 0) is 85.0 Å². The number of carbonyl (C=O) groups is 1. The lowest BCUT2D eigenvalue weighted by molar-refractivity contribution is 0.0426. The van der Waals surface area contributed by atoms with E-state index in [4.69, 9.17) is 10.8 Å². The number of carbonyl (C=O) groups excluding carboxylic acids is 1. The molecule has 0 radical (unpaired) electrons. The molecule has 6 heteroatoms. The van der Waals surface area contributed by atoms with E-state index in [1.165, 1.54) is 0 Å². The van der Waals surface area contributed by atoms with Crippen LogP contribution in [0.15, 0.2) is 72.1 Å². The highest BCUT2D eigenvalue weighted by molar-refractivity contribution is 6.20. The van der Waals surface area contributed by atoms with E-state index in [0.29, 0.717) is 5.69 Å². The van der Waals surface area contributed by atoms with Crippen LogP contribution in [-0.2, 0) is 0 Å². The first kappa shape index (κ1) is 24.0. The second kappa shape index (κ2) is 8.77. The van der Waals surface area contributed by atoms with Crippen LogP contribution in [0.3, 0.4) is 0 Å². The van der Waals surface area contributed by atoms with Crippen molar-refractivity contribution in [2.75, 3.05) is 10.6 Å². The normalized spacial score (nSPS) is 19.5. The fourth-order valence-electron chi connectivity index (χ4n) is 6.23. The predicted octanol–water partition coefficient (Wildman–Crippen LogP) is 6.90. The van der Waals surface area contributed by atoms with Gasteiger partial charge in [-0.25, -0.2) is 9.80 Å². The molecular weight excluding hydrogens is 446 g/mol. The number of nitrogens with two attached hydrogens (primary N) is 1. The largest absolute Gasteiger partial charge is 0.399 e. The van der Waals surface area contributed by atoms with E-state index in [1.54, 1.807) is 22.3 Å². The molecule has 0 atom stereocenters. The molecule has 5 rings (SSSR count). The Morgan fingerprint density at radius 3 is 2.19 bits per heavy atom. The van der Waals surface area contributed by atoms with E-state index in [2.05, 4.69) is 50.9 Å². The van der Waals surface area contributed by atoms with Crippen LogP contribution in [0.2, 0.25) is 0 Å². The van der Waals surface area contributed by atoms with Gasteiger partial charge in [0.05, 0.1) is 17.4 Å². The maximum Gasteiger partial charge on any atom is 0.349 e. The average molecular weight is 482 g/mol. The number of aryl methyl sites for hydroxylation is 1. The molecule has 2 heterocycles. The number of pyridine rings is 1. The fraction of sp³-hybridized carbons (Fsp3) is 0.367. The van der Waals surface area contributed by atoms with Crippen LogP contribution in [0.25, 0.3) is 0 Å². The van der Waals surface area contributed by atoms with Gasteiger partial charge >= 0.3 is 6.03 Å². The van der Waals surface area contributed by atoms with E-state index < -0.39 is 0 Å². The number of amides is 2. The van der Waals surface area contributed by atoms with Gasteiger partial charge in [0, 0.05) is 29.2 Å². The lowest BCUT2D eigenvalue weighted by Crippen LogP contribution is -2.49. The van der Waals surface area contributed by atoms with Crippen molar-refractivity contribution in [3.8, 4) is 0 Å². The number of urea groups is 1. The third kappa shape index (κ3) is 4.60. The van der Waals surface area contributed by atoms with Crippen molar-refractivity contribution in [2.45, 2.75) is 59.9 Å². The molecule has 2 N–H and O–H groups in total. The van der Waals surface area contributed by atoms with E-state index in [1.807, 2.05) is 43.3 Å². The van der Waals surface area contributed by atoms with Gasteiger partial charge in [-0.1, -0.05) is 39.8 Å². The smallest absolute Gasteiger partial charge is 0.349 e. The Balaban J connectivity index is 1.74. The van der Waals surface area contributed by atoms with Gasteiger partial charge in [0.15, 0.2) is 0 Å². The second-order valence-corrected chi connectivity index (χ2v) is 11.8. The topological polar surface area (TPSA) is 74.8 Å². The minimum Gasteiger partial charge on any atom is -0.399 e. The van der Waals surface area contributed by atoms with Crippen LogP contribution in [-0.4, -0.2) is 27.8 Å². The molecular formula is C30H35N5O. The van der Waals surface area contributed by atoms with Crippen molar-refractivity contribution in [3.05, 3.63) is 83.7 Å². The fourth-order valence-corrected chi connectivity index (χ4v) is 6.23. The maximum absolute atomic E-state index is 14.5. The number of hydrazone groups is 1. The molecule has 1 aliphatic heterocycles. The molecule has 6 nitrogen and oxygen atoms in total. The molecule has 2 aliphatic rings. The number of hydrogen-bond acceptors (Lipinski definition) is 4. The van der Waals surface area contributed by atoms with Crippen molar-refractivity contribution >= 4 is 28.8 Å². The molecule has 1 aliphatic carbocycles. The third-order valence-electron chi connectivity index (χ3n) is 7.23. The number of anilines is 3. The molecule has 0 spiro atoms. The van der Waals surface area contributed by atoms with Gasteiger partial charge < -0.3 is 5.73 Å². The minimum atomic E-state index is -0.144. The molecule has 0 bridgehead atoms. The number of rotatable bonds is 3. The van der Waals surface area contributed by atoms with E-state index in [0.717, 1.165) is 53.0 Å². The van der Waals surface area contributed by atoms with Crippen molar-refractivity contribution in [3.63, 3.8) is 0 Å². The summed E-state index contributed by atoms with van der Waals surface area (Å²) in [5.41, 5.74) is 12.1. The zero-order valence-electron chi connectivity index (χ0n) is 21.8. The van der Waals surface area contributed by atoms with Crippen molar-refractivity contribution in [1.82, 2.24) is 9.99 Å². The highest BCUT2D eigenvalue weighted by Crippen LogP contribution is 2.48. The summed E-state index contributed by atoms with van der Waals surface area (Å²) in [5, 5.41) is 6.91. The summed E-state index contributed by atoms with van der Waals surface area (Å²) in [7, 11) is 0. The van der Waals surface area contributed by atoms with Crippen LogP contribution in [0.4, 0.5) is 21.9 Å². The summed E-state index contributed by atoms with van der Waals surface area (Å²) in [6, 6.07) is 17.4. The number of aromatic nitrogens is 1. The van der Waals surface area contributed by atoms with Gasteiger partial charge in [0.1, 0.15) is 5.71 Å². The Kier molecular flexibility index (Phi) is 5.86. The minimum absolute atomic E-state index is 0.0280. The van der Waals surface area contributed by atoms with E-state index in [-0.39, 0.29) is 22.9 Å². The molecule has 1 fully saturated rings. The predicted molar refractivity (Wildman–Crippen MR) is 146 cm³/mol. The third-order valence-corrected chi connectivity index (χ3v) is 7.23. The van der Waals surface area contributed by atoms with Crippen molar-refractivity contribution < 1.29 is 4.79 Å². The average Bonchev–Trinajstić information content (AvgIpc) is 2.92. The van der Waals surface area contributed by atoms with Gasteiger partial charge in [-0.15, -0.1) is 0 Å². The van der Waals surface area contributed by atoms with Crippen LogP contribution < -0.4 is 10.6 Å². The summed E-state index contributed by atoms with van der Waals surface area (Å²) < 4.78 is 0. The van der Waals surface area contributed by atoms with Gasteiger partial charge in [0.25, 0.3) is 0 Å². The summed E-state index contributed by atoms with van der Waals surface area (Å²) in [6.07, 6.45) is 6.43. The molecule has 2 amide bonds. The zero-order chi connectivity index (χ0) is 25.7. The highest BCUT2D eigenvalue weighted by atomic mass is 16.2. The Bertz CT molecular complexity index is 1290. The van der Waals surface area contributed by atoms with E-state index >= 15 is 0 Å². The number of nitrogens with zero attached hydrogens (tertiary/aromatic N) is 4. The first-order valence-corrected chi connectivity index (χ1v) is 12.6. The first-order chi connectivity index (χ1) is 17.0. The summed E-state index contributed by atoms with van der Waals surface area (Å²) in [6.45, 7) is 11.2. The first-order valence-electron chi connectivity index (χ1n) is 12.6. The van der Waals surface area contributed by atoms with Crippen LogP contribution >= 0.6 is 0 Å². The lowest BCUT2D eigenvalue weighted by atomic mass is 9.63. The lowest BCUT2D eigenvalue weighted by Gasteiger charge is -2.47. The quantitative estimate of drug-likeness (QED) is 0.413. The van der Waals surface area contributed by atoms with Crippen LogP contribution in [0.5, 0.6) is 0 Å². The standard InChI is InChI=1S/C30H35N5O/c1-20-6-11-25-26(16-20)34(23-9-7-22(31)8-10-23)28(36)35(33-27(25)21-12-14-32-15-13-21)24-17-29(2,3)19-30(4,5)18-24/h6-16,24H,17-19,31H2,1-5H3. The Morgan fingerprint density at radius 2 is 1.56 bits per heavy atom. The zero-order valence-corrected chi connectivity index (χ0v) is 21.8. The van der Waals surface area contributed by atoms with Crippen LogP contribution in [0, 0.1) is 17.8 Å². The molecule has 2 aromatic carbocycles. The SMILES string of the molecule is Cc1ccc2c(c1)N(c1ccc(N)cc1)C(=O)N(C1CC(C)(C)CC(C)(C)C1)N=C2c1ccncc1. The molecule has 3 aromatic rings. The van der Waals surface area contributed by atoms with Crippen molar-refractivity contribution in [2.24, 2.45) is 15.9 Å². The molecule has 36 heavy (non-hydrogen) atoms. The number of fused-ring (bicyclic) bond motifs is 1. The Morgan fingerprint density at radius 1 is 0.917 bits per heavy atom. The Hall–Kier alpha value is -3.67. The number of hydrogen-bond donors (Lipinski definition) is 1. The summed E-state index contributed by atoms with van der Waals surface area (Å²) in [5.74, 6) is 0. The van der Waals surface area contributed by atoms with E-state index in [9.17, 15) is 4.79 Å². The monoisotopic (exact) mass is 481 g/mol. The van der Waals surface area contributed by atoms with Gasteiger partial charge in [0.2, 0.25) is 0 Å². The maximum atomic E-state index is 14.5. The number of nitrogen functional groups attached to an aromatic ring is 1. The number of benzene rings is 2. The molecule has 0 unspecified atom stereocenters. The second-order valence-electron chi connectivity index (χ2n) is 11.8.